The maximum atomic E-state index is 13.1. The monoisotopic (exact) mass is 487 g/mol. The molecule has 7 nitrogen and oxygen atoms in total. The SMILES string of the molecule is CCN(CC)S(=O)(=O)c1cc(C(=O)Nc2nc(-c3c(C)cc(C)cc3C)cs2)ccc1OC. The van der Waals surface area contributed by atoms with Crippen LogP contribution < -0.4 is 10.1 Å². The topological polar surface area (TPSA) is 88.6 Å². The third-order valence-corrected chi connectivity index (χ3v) is 8.24. The first-order chi connectivity index (χ1) is 15.6. The zero-order chi connectivity index (χ0) is 24.3. The number of benzene rings is 2. The van der Waals surface area contributed by atoms with Crippen molar-refractivity contribution in [1.29, 1.82) is 0 Å². The molecule has 0 fully saturated rings. The summed E-state index contributed by atoms with van der Waals surface area (Å²) in [5.41, 5.74) is 5.49. The third kappa shape index (κ3) is 5.10. The number of methoxy groups -OCH3 is 1. The second-order valence-electron chi connectivity index (χ2n) is 7.72. The van der Waals surface area contributed by atoms with Crippen LogP contribution in [-0.4, -0.2) is 43.8 Å². The number of ether oxygens (including phenoxy) is 1. The van der Waals surface area contributed by atoms with Gasteiger partial charge in [-0.15, -0.1) is 11.3 Å². The van der Waals surface area contributed by atoms with Gasteiger partial charge in [-0.05, 0) is 50.1 Å². The molecular weight excluding hydrogens is 458 g/mol. The van der Waals surface area contributed by atoms with E-state index in [2.05, 4.69) is 29.4 Å². The molecule has 3 rings (SSSR count). The number of thiazole rings is 1. The number of aryl methyl sites for hydroxylation is 3. The molecule has 0 saturated carbocycles. The number of anilines is 1. The van der Waals surface area contributed by atoms with E-state index in [0.717, 1.165) is 22.4 Å². The molecule has 3 aromatic rings. The molecule has 1 heterocycles. The van der Waals surface area contributed by atoms with E-state index in [0.29, 0.717) is 18.2 Å². The number of sulfonamides is 1. The van der Waals surface area contributed by atoms with Crippen molar-refractivity contribution in [2.24, 2.45) is 0 Å². The summed E-state index contributed by atoms with van der Waals surface area (Å²) in [6, 6.07) is 8.60. The standard InChI is InChI=1S/C24H29N3O4S2/c1-7-27(8-2)33(29,30)21-13-18(9-10-20(21)31-6)23(28)26-24-25-19(14-32-24)22-16(4)11-15(3)12-17(22)5/h9-14H,7-8H2,1-6H3,(H,25,26,28). The lowest BCUT2D eigenvalue weighted by molar-refractivity contribution is 0.102. The fraction of sp³-hybridized carbons (Fsp3) is 0.333. The van der Waals surface area contributed by atoms with Crippen LogP contribution in [0.15, 0.2) is 40.6 Å². The van der Waals surface area contributed by atoms with Crippen molar-refractivity contribution in [2.45, 2.75) is 39.5 Å². The average molecular weight is 488 g/mol. The summed E-state index contributed by atoms with van der Waals surface area (Å²) in [6.45, 7) is 10.3. The van der Waals surface area contributed by atoms with E-state index < -0.39 is 15.9 Å². The second kappa shape index (κ2) is 10.0. The minimum absolute atomic E-state index is 0.0351. The minimum atomic E-state index is -3.80. The maximum absolute atomic E-state index is 13.1. The molecule has 0 aliphatic rings. The lowest BCUT2D eigenvalue weighted by Crippen LogP contribution is -2.31. The Morgan fingerprint density at radius 3 is 2.30 bits per heavy atom. The van der Waals surface area contributed by atoms with Crippen molar-refractivity contribution in [2.75, 3.05) is 25.5 Å². The average Bonchev–Trinajstić information content (AvgIpc) is 3.20. The quantitative estimate of drug-likeness (QED) is 0.482. The van der Waals surface area contributed by atoms with Gasteiger partial charge in [-0.3, -0.25) is 10.1 Å². The van der Waals surface area contributed by atoms with Crippen molar-refractivity contribution in [3.05, 3.63) is 58.0 Å². The number of carbonyl (C=O) groups is 1. The Hall–Kier alpha value is -2.75. The van der Waals surface area contributed by atoms with Crippen molar-refractivity contribution in [3.63, 3.8) is 0 Å². The van der Waals surface area contributed by atoms with E-state index in [4.69, 9.17) is 4.74 Å². The Kier molecular flexibility index (Phi) is 7.56. The maximum Gasteiger partial charge on any atom is 0.257 e. The lowest BCUT2D eigenvalue weighted by atomic mass is 9.98. The molecule has 1 amide bonds. The molecule has 0 aliphatic heterocycles. The molecule has 0 radical (unpaired) electrons. The van der Waals surface area contributed by atoms with E-state index in [9.17, 15) is 13.2 Å². The van der Waals surface area contributed by atoms with Crippen molar-refractivity contribution >= 4 is 32.4 Å². The van der Waals surface area contributed by atoms with Crippen LogP contribution in [0.1, 0.15) is 40.9 Å². The van der Waals surface area contributed by atoms with Gasteiger partial charge in [0.25, 0.3) is 5.91 Å². The van der Waals surface area contributed by atoms with Gasteiger partial charge in [-0.25, -0.2) is 13.4 Å². The summed E-state index contributed by atoms with van der Waals surface area (Å²) in [4.78, 5) is 17.5. The molecule has 1 aromatic heterocycles. The van der Waals surface area contributed by atoms with Crippen LogP contribution in [0.2, 0.25) is 0 Å². The number of hydrogen-bond donors (Lipinski definition) is 1. The Bertz CT molecular complexity index is 1260. The number of nitrogens with zero attached hydrogens (tertiary/aromatic N) is 2. The fourth-order valence-electron chi connectivity index (χ4n) is 3.92. The van der Waals surface area contributed by atoms with Crippen LogP contribution in [0.25, 0.3) is 11.3 Å². The first kappa shape index (κ1) is 24.9. The summed E-state index contributed by atoms with van der Waals surface area (Å²) in [6.07, 6.45) is 0. The Balaban J connectivity index is 1.91. The van der Waals surface area contributed by atoms with Gasteiger partial charge in [0.1, 0.15) is 10.6 Å². The molecule has 0 unspecified atom stereocenters. The van der Waals surface area contributed by atoms with Gasteiger partial charge in [0.15, 0.2) is 5.13 Å². The molecule has 33 heavy (non-hydrogen) atoms. The highest BCUT2D eigenvalue weighted by molar-refractivity contribution is 7.89. The van der Waals surface area contributed by atoms with Gasteiger partial charge in [0.2, 0.25) is 10.0 Å². The molecule has 2 aromatic carbocycles. The molecular formula is C24H29N3O4S2. The van der Waals surface area contributed by atoms with E-state index in [-0.39, 0.29) is 16.2 Å². The normalized spacial score (nSPS) is 11.6. The summed E-state index contributed by atoms with van der Waals surface area (Å²) < 4.78 is 32.7. The summed E-state index contributed by atoms with van der Waals surface area (Å²) in [5.74, 6) is -0.243. The van der Waals surface area contributed by atoms with E-state index in [1.165, 1.54) is 46.5 Å². The zero-order valence-corrected chi connectivity index (χ0v) is 21.4. The Morgan fingerprint density at radius 1 is 1.09 bits per heavy atom. The first-order valence-electron chi connectivity index (χ1n) is 10.7. The third-order valence-electron chi connectivity index (χ3n) is 5.41. The van der Waals surface area contributed by atoms with E-state index in [1.54, 1.807) is 13.8 Å². The van der Waals surface area contributed by atoms with Crippen molar-refractivity contribution < 1.29 is 17.9 Å². The highest BCUT2D eigenvalue weighted by atomic mass is 32.2. The zero-order valence-electron chi connectivity index (χ0n) is 19.7. The van der Waals surface area contributed by atoms with Crippen molar-refractivity contribution in [1.82, 2.24) is 9.29 Å². The fourth-order valence-corrected chi connectivity index (χ4v) is 6.26. The van der Waals surface area contributed by atoms with Gasteiger partial charge in [-0.1, -0.05) is 31.5 Å². The van der Waals surface area contributed by atoms with Crippen LogP contribution >= 0.6 is 11.3 Å². The number of aromatic nitrogens is 1. The second-order valence-corrected chi connectivity index (χ2v) is 10.5. The molecule has 0 saturated heterocycles. The molecule has 176 valence electrons. The van der Waals surface area contributed by atoms with Gasteiger partial charge in [0, 0.05) is 29.6 Å². The van der Waals surface area contributed by atoms with E-state index >= 15 is 0 Å². The number of carbonyl (C=O) groups excluding carboxylic acids is 1. The number of nitrogens with one attached hydrogen (secondary N) is 1. The summed E-state index contributed by atoms with van der Waals surface area (Å²) in [7, 11) is -2.40. The van der Waals surface area contributed by atoms with Crippen LogP contribution in [0, 0.1) is 20.8 Å². The highest BCUT2D eigenvalue weighted by Gasteiger charge is 2.27. The predicted octanol–water partition coefficient (Wildman–Crippen LogP) is 5.03. The molecule has 0 atom stereocenters. The van der Waals surface area contributed by atoms with Gasteiger partial charge in [0.05, 0.1) is 12.8 Å². The molecule has 9 heteroatoms. The number of amides is 1. The lowest BCUT2D eigenvalue weighted by Gasteiger charge is -2.20. The predicted molar refractivity (Wildman–Crippen MR) is 133 cm³/mol. The summed E-state index contributed by atoms with van der Waals surface area (Å²) in [5, 5.41) is 5.14. The minimum Gasteiger partial charge on any atom is -0.495 e. The van der Waals surface area contributed by atoms with Crippen molar-refractivity contribution in [3.8, 4) is 17.0 Å². The number of rotatable bonds is 8. The summed E-state index contributed by atoms with van der Waals surface area (Å²) >= 11 is 1.32. The van der Waals surface area contributed by atoms with Gasteiger partial charge in [-0.2, -0.15) is 4.31 Å². The largest absolute Gasteiger partial charge is 0.495 e. The highest BCUT2D eigenvalue weighted by Crippen LogP contribution is 2.32. The smallest absolute Gasteiger partial charge is 0.257 e. The number of hydrogen-bond acceptors (Lipinski definition) is 6. The molecule has 0 aliphatic carbocycles. The Labute approximate surface area is 199 Å². The van der Waals surface area contributed by atoms with Gasteiger partial charge >= 0.3 is 0 Å². The molecule has 0 spiro atoms. The molecule has 1 N–H and O–H groups in total. The Morgan fingerprint density at radius 2 is 1.73 bits per heavy atom. The van der Waals surface area contributed by atoms with Crippen LogP contribution in [0.4, 0.5) is 5.13 Å². The van der Waals surface area contributed by atoms with Crippen LogP contribution in [-0.2, 0) is 10.0 Å². The van der Waals surface area contributed by atoms with Gasteiger partial charge < -0.3 is 4.74 Å². The van der Waals surface area contributed by atoms with Crippen LogP contribution in [0.5, 0.6) is 5.75 Å². The van der Waals surface area contributed by atoms with E-state index in [1.807, 2.05) is 19.2 Å². The first-order valence-corrected chi connectivity index (χ1v) is 13.0. The van der Waals surface area contributed by atoms with Crippen LogP contribution in [0.3, 0.4) is 0 Å². The molecule has 0 bridgehead atoms.